The lowest BCUT2D eigenvalue weighted by atomic mass is 11.0. The van der Waals surface area contributed by atoms with Crippen LogP contribution in [-0.4, -0.2) is 26.0 Å². The van der Waals surface area contributed by atoms with Crippen LogP contribution in [0, 0.1) is 0 Å². The summed E-state index contributed by atoms with van der Waals surface area (Å²) in [6.45, 7) is 0. The van der Waals surface area contributed by atoms with E-state index in [-0.39, 0.29) is 0 Å². The van der Waals surface area contributed by atoms with Crippen molar-refractivity contribution in [1.29, 1.82) is 0 Å². The van der Waals surface area contributed by atoms with Gasteiger partial charge >= 0.3 is 37.3 Å². The van der Waals surface area contributed by atoms with Gasteiger partial charge in [0.05, 0.1) is 0 Å². The van der Waals surface area contributed by atoms with Crippen molar-refractivity contribution in [2.45, 2.75) is 0 Å². The molecule has 0 aliphatic heterocycles. The van der Waals surface area contributed by atoms with Crippen LogP contribution in [0.1, 0.15) is 0 Å². The third-order valence-corrected chi connectivity index (χ3v) is 0. The predicted molar refractivity (Wildman–Crippen MR) is 62.1 cm³/mol. The zero-order valence-electron chi connectivity index (χ0n) is 6.59. The van der Waals surface area contributed by atoms with Gasteiger partial charge in [-0.1, -0.05) is 0 Å². The Kier molecular flexibility index (Phi) is 23.1. The molecule has 0 aromatic rings. The summed E-state index contributed by atoms with van der Waals surface area (Å²) in [6.07, 6.45) is 0. The van der Waals surface area contributed by atoms with Crippen molar-refractivity contribution in [3.8, 4) is 0 Å². The monoisotopic (exact) mass is 447 g/mol. The van der Waals surface area contributed by atoms with Gasteiger partial charge in [0.1, 0.15) is 0 Å². The van der Waals surface area contributed by atoms with Gasteiger partial charge in [-0.15, -0.1) is 0 Å². The maximum absolute atomic E-state index is 8.89. The average molecular weight is 448 g/mol. The first-order valence-corrected chi connectivity index (χ1v) is 11.2. The molecule has 0 fully saturated rings. The van der Waals surface area contributed by atoms with Crippen LogP contribution >= 0.6 is 55.1 Å². The maximum atomic E-state index is 8.89. The lowest BCUT2D eigenvalue weighted by molar-refractivity contribution is 0.505. The van der Waals surface area contributed by atoms with Crippen LogP contribution in [0.2, 0.25) is 0 Å². The van der Waals surface area contributed by atoms with Gasteiger partial charge in [0.25, 0.3) is 0 Å². The van der Waals surface area contributed by atoms with E-state index >= 15 is 0 Å². The predicted octanol–water partition coefficient (Wildman–Crippen LogP) is 2.85. The van der Waals surface area contributed by atoms with Crippen LogP contribution < -0.4 is 0 Å². The van der Waals surface area contributed by atoms with Crippen molar-refractivity contribution >= 4 is 55.1 Å². The highest BCUT2D eigenvalue weighted by molar-refractivity contribution is 14.2. The summed E-state index contributed by atoms with van der Waals surface area (Å²) >= 11 is -6.58. The molecule has 0 saturated carbocycles. The summed E-state index contributed by atoms with van der Waals surface area (Å²) in [5.41, 5.74) is 0. The molecule has 0 aromatic heterocycles. The Labute approximate surface area is 92.5 Å². The zero-order chi connectivity index (χ0) is 10.7. The fraction of sp³-hybridized carbons (Fsp3) is 1.00. The Morgan fingerprint density at radius 2 is 0.833 bits per heavy atom. The zero-order valence-corrected chi connectivity index (χ0v) is 12.4. The molecular formula is C3H9Cl2I2NO4. The fourth-order valence-corrected chi connectivity index (χ4v) is 0. The van der Waals surface area contributed by atoms with Crippen molar-refractivity contribution in [3.63, 3.8) is 0 Å². The molecule has 5 nitrogen and oxygen atoms in total. The normalized spacial score (nSPS) is 8.67. The van der Waals surface area contributed by atoms with E-state index in [1.165, 1.54) is 0 Å². The minimum atomic E-state index is -3.29. The Balaban J connectivity index is -0.000000101. The molecule has 0 atom stereocenters. The number of rotatable bonds is 0. The lowest BCUT2D eigenvalue weighted by Gasteiger charge is -1.90. The minimum absolute atomic E-state index is 2.00. The standard InChI is InChI=1S/C3H9N.2ClIO2/c1-4(2)3;2*1-2(3)4/h1-3H3;;. The summed E-state index contributed by atoms with van der Waals surface area (Å²) in [4.78, 5) is 2.00. The van der Waals surface area contributed by atoms with Crippen LogP contribution in [0.25, 0.3) is 0 Å². The van der Waals surface area contributed by atoms with Gasteiger partial charge in [-0.2, -0.15) is 0 Å². The van der Waals surface area contributed by atoms with Gasteiger partial charge in [0, 0.05) is 17.8 Å². The molecule has 0 bridgehead atoms. The molecule has 0 rings (SSSR count). The smallest absolute Gasteiger partial charge is 0.312 e. The van der Waals surface area contributed by atoms with Crippen LogP contribution in [0.4, 0.5) is 0 Å². The van der Waals surface area contributed by atoms with Gasteiger partial charge in [0.2, 0.25) is 0 Å². The molecule has 0 heterocycles. The summed E-state index contributed by atoms with van der Waals surface area (Å²) in [7, 11) is 14.6. The molecule has 0 aliphatic carbocycles. The first-order valence-electron chi connectivity index (χ1n) is 2.24. The van der Waals surface area contributed by atoms with Crippen LogP contribution in [-0.2, 0) is 12.3 Å². The number of hydrogen-bond donors (Lipinski definition) is 0. The topological polar surface area (TPSA) is 71.5 Å². The lowest BCUT2D eigenvalue weighted by Crippen LogP contribution is -1.99. The molecule has 0 unspecified atom stereocenters. The third-order valence-electron chi connectivity index (χ3n) is 0. The van der Waals surface area contributed by atoms with Gasteiger partial charge < -0.3 is 4.90 Å². The molecule has 0 aliphatic rings. The number of nitrogens with zero attached hydrogens (tertiary/aromatic N) is 1. The van der Waals surface area contributed by atoms with E-state index in [1.54, 1.807) is 0 Å². The van der Waals surface area contributed by atoms with Crippen molar-refractivity contribution in [2.24, 2.45) is 0 Å². The molecule has 0 saturated heterocycles. The molecule has 0 N–H and O–H groups in total. The molecule has 78 valence electrons. The summed E-state index contributed by atoms with van der Waals surface area (Å²) in [5.74, 6) is 0. The molecule has 0 aromatic carbocycles. The Morgan fingerprint density at radius 3 is 0.833 bits per heavy atom. The molecular weight excluding hydrogens is 439 g/mol. The Bertz CT molecular complexity index is 174. The highest BCUT2D eigenvalue weighted by atomic mass is 127. The molecule has 12 heavy (non-hydrogen) atoms. The van der Waals surface area contributed by atoms with E-state index in [2.05, 4.69) is 17.8 Å². The average Bonchev–Trinajstić information content (AvgIpc) is 1.54. The SMILES string of the molecule is CN(C)C.O=I(=O)Cl.O=I(=O)Cl. The van der Waals surface area contributed by atoms with E-state index in [0.717, 1.165) is 0 Å². The van der Waals surface area contributed by atoms with E-state index in [9.17, 15) is 0 Å². The number of halogens is 4. The summed E-state index contributed by atoms with van der Waals surface area (Å²) in [6, 6.07) is 0. The van der Waals surface area contributed by atoms with Crippen LogP contribution in [0.15, 0.2) is 0 Å². The number of hydrogen-bond acceptors (Lipinski definition) is 5. The summed E-state index contributed by atoms with van der Waals surface area (Å²) < 4.78 is 35.6. The van der Waals surface area contributed by atoms with E-state index in [1.807, 2.05) is 26.0 Å². The maximum Gasteiger partial charge on any atom is 0.409 e. The third kappa shape index (κ3) is 809. The van der Waals surface area contributed by atoms with Crippen molar-refractivity contribution in [1.82, 2.24) is 4.90 Å². The Hall–Kier alpha value is 1.20. The van der Waals surface area contributed by atoms with Gasteiger partial charge in [-0.05, 0) is 21.1 Å². The van der Waals surface area contributed by atoms with Crippen molar-refractivity contribution in [2.75, 3.05) is 21.1 Å². The second-order valence-corrected chi connectivity index (χ2v) is 6.88. The first-order chi connectivity index (χ1) is 5.20. The van der Waals surface area contributed by atoms with E-state index in [0.29, 0.717) is 0 Å². The highest BCUT2D eigenvalue weighted by Gasteiger charge is 1.60. The van der Waals surface area contributed by atoms with Gasteiger partial charge in [-0.3, -0.25) is 0 Å². The van der Waals surface area contributed by atoms with Crippen LogP contribution in [0.3, 0.4) is 0 Å². The fourth-order valence-electron chi connectivity index (χ4n) is 0. The highest BCUT2D eigenvalue weighted by Crippen LogP contribution is 2.07. The second-order valence-electron chi connectivity index (χ2n) is 1.70. The molecule has 0 radical (unpaired) electrons. The second kappa shape index (κ2) is 14.7. The molecule has 0 spiro atoms. The van der Waals surface area contributed by atoms with E-state index < -0.39 is 37.3 Å². The minimum Gasteiger partial charge on any atom is -0.312 e. The first kappa shape index (κ1) is 18.9. The quantitative estimate of drug-likeness (QED) is 0.534. The van der Waals surface area contributed by atoms with E-state index in [4.69, 9.17) is 12.3 Å². The summed E-state index contributed by atoms with van der Waals surface area (Å²) in [5, 5.41) is 0. The van der Waals surface area contributed by atoms with Crippen molar-refractivity contribution < 1.29 is 12.3 Å². The molecule has 9 heteroatoms. The largest absolute Gasteiger partial charge is 0.409 e. The van der Waals surface area contributed by atoms with Crippen molar-refractivity contribution in [3.05, 3.63) is 0 Å². The van der Waals surface area contributed by atoms with Crippen LogP contribution in [0.5, 0.6) is 0 Å². The van der Waals surface area contributed by atoms with Gasteiger partial charge in [-0.25, -0.2) is 12.3 Å². The molecule has 0 amide bonds. The van der Waals surface area contributed by atoms with Gasteiger partial charge in [0.15, 0.2) is 0 Å². The Morgan fingerprint density at radius 1 is 0.833 bits per heavy atom.